The second kappa shape index (κ2) is 9.00. The van der Waals surface area contributed by atoms with Gasteiger partial charge in [-0.15, -0.1) is 11.3 Å². The molecule has 0 aliphatic carbocycles. The van der Waals surface area contributed by atoms with Crippen LogP contribution in [0.25, 0.3) is 10.2 Å². The van der Waals surface area contributed by atoms with Crippen LogP contribution in [0.2, 0.25) is 0 Å². The number of nitrogens with zero attached hydrogens (tertiary/aromatic N) is 1. The molecule has 2 aromatic carbocycles. The van der Waals surface area contributed by atoms with Crippen LogP contribution in [0.15, 0.2) is 48.5 Å². The Balaban J connectivity index is 1.40. The van der Waals surface area contributed by atoms with Crippen LogP contribution in [-0.4, -0.2) is 30.5 Å². The van der Waals surface area contributed by atoms with Gasteiger partial charge in [-0.05, 0) is 24.3 Å². The van der Waals surface area contributed by atoms with Crippen molar-refractivity contribution in [1.82, 2.24) is 15.8 Å². The minimum absolute atomic E-state index is 0.0124. The van der Waals surface area contributed by atoms with Gasteiger partial charge < -0.3 is 10.1 Å². The first-order valence-electron chi connectivity index (χ1n) is 8.44. The lowest BCUT2D eigenvalue weighted by Crippen LogP contribution is -2.44. The number of ether oxygens (including phenoxy) is 1. The summed E-state index contributed by atoms with van der Waals surface area (Å²) in [5.41, 5.74) is 6.46. The van der Waals surface area contributed by atoms with Crippen molar-refractivity contribution in [3.8, 4) is 5.75 Å². The van der Waals surface area contributed by atoms with Gasteiger partial charge in [0.2, 0.25) is 5.91 Å². The number of para-hydroxylation sites is 3. The minimum Gasteiger partial charge on any atom is -0.495 e. The summed E-state index contributed by atoms with van der Waals surface area (Å²) in [5, 5.41) is 3.86. The first-order valence-corrected chi connectivity index (χ1v) is 9.26. The molecule has 0 unspecified atom stereocenters. The average molecular weight is 384 g/mol. The highest BCUT2D eigenvalue weighted by atomic mass is 32.1. The average Bonchev–Trinajstić information content (AvgIpc) is 3.12. The fraction of sp³-hybridized carbons (Fsp3) is 0.211. The third kappa shape index (κ3) is 5.18. The molecule has 0 bridgehead atoms. The number of fused-ring (bicyclic) bond motifs is 1. The Morgan fingerprint density at radius 3 is 2.59 bits per heavy atom. The Kier molecular flexibility index (Phi) is 6.22. The van der Waals surface area contributed by atoms with E-state index in [4.69, 9.17) is 4.74 Å². The maximum absolute atomic E-state index is 11.9. The molecule has 0 spiro atoms. The number of amides is 2. The molecule has 27 heavy (non-hydrogen) atoms. The van der Waals surface area contributed by atoms with Gasteiger partial charge >= 0.3 is 0 Å². The summed E-state index contributed by atoms with van der Waals surface area (Å²) in [6, 6.07) is 15.1. The molecule has 0 aliphatic rings. The van der Waals surface area contributed by atoms with Crippen molar-refractivity contribution in [2.45, 2.75) is 12.8 Å². The molecule has 3 aromatic rings. The van der Waals surface area contributed by atoms with Gasteiger partial charge in [-0.25, -0.2) is 4.98 Å². The number of aromatic nitrogens is 1. The number of hydrogen-bond acceptors (Lipinski definition) is 6. The number of aryl methyl sites for hydroxylation is 1. The Labute approximate surface area is 160 Å². The van der Waals surface area contributed by atoms with E-state index in [1.807, 2.05) is 42.5 Å². The summed E-state index contributed by atoms with van der Waals surface area (Å²) in [7, 11) is 1.56. The molecule has 0 fully saturated rings. The number of carbonyl (C=O) groups is 2. The number of hydrazine groups is 1. The van der Waals surface area contributed by atoms with Gasteiger partial charge in [0, 0.05) is 12.8 Å². The summed E-state index contributed by atoms with van der Waals surface area (Å²) >= 11 is 1.57. The van der Waals surface area contributed by atoms with Gasteiger partial charge in [-0.2, -0.15) is 0 Å². The highest BCUT2D eigenvalue weighted by Gasteiger charge is 2.09. The third-order valence-corrected chi connectivity index (χ3v) is 4.89. The van der Waals surface area contributed by atoms with E-state index in [0.717, 1.165) is 15.2 Å². The summed E-state index contributed by atoms with van der Waals surface area (Å²) in [5.74, 6) is 0.0271. The first-order chi connectivity index (χ1) is 13.2. The van der Waals surface area contributed by atoms with Crippen LogP contribution in [-0.2, 0) is 16.0 Å². The quantitative estimate of drug-likeness (QED) is 0.545. The van der Waals surface area contributed by atoms with Crippen LogP contribution in [0.3, 0.4) is 0 Å². The van der Waals surface area contributed by atoms with Crippen molar-refractivity contribution in [2.75, 3.05) is 19.0 Å². The number of nitrogens with one attached hydrogen (secondary N) is 3. The van der Waals surface area contributed by atoms with E-state index in [2.05, 4.69) is 21.2 Å². The van der Waals surface area contributed by atoms with Gasteiger partial charge in [0.1, 0.15) is 5.75 Å². The van der Waals surface area contributed by atoms with E-state index in [-0.39, 0.29) is 24.8 Å². The fourth-order valence-electron chi connectivity index (χ4n) is 2.46. The topological polar surface area (TPSA) is 92.4 Å². The number of hydrogen-bond donors (Lipinski definition) is 3. The standard InChI is InChI=1S/C19H20N4O3S/c1-26-15-8-4-2-6-13(15)20-12-18(25)23-22-17(24)10-11-19-21-14-7-3-5-9-16(14)27-19/h2-9,20H,10-12H2,1H3,(H,22,24)(H,23,25). The van der Waals surface area contributed by atoms with Crippen molar-refractivity contribution >= 4 is 39.1 Å². The van der Waals surface area contributed by atoms with Crippen LogP contribution in [0.1, 0.15) is 11.4 Å². The molecule has 0 saturated heterocycles. The predicted octanol–water partition coefficient (Wildman–Crippen LogP) is 2.50. The smallest absolute Gasteiger partial charge is 0.257 e. The molecule has 3 rings (SSSR count). The molecule has 0 saturated carbocycles. The normalized spacial score (nSPS) is 10.4. The molecule has 3 N–H and O–H groups in total. The molecule has 1 heterocycles. The molecular weight excluding hydrogens is 364 g/mol. The molecule has 8 heteroatoms. The van der Waals surface area contributed by atoms with E-state index in [1.165, 1.54) is 0 Å². The van der Waals surface area contributed by atoms with Gasteiger partial charge in [-0.3, -0.25) is 20.4 Å². The van der Waals surface area contributed by atoms with E-state index in [1.54, 1.807) is 24.5 Å². The molecule has 0 aliphatic heterocycles. The van der Waals surface area contributed by atoms with Gasteiger partial charge in [0.15, 0.2) is 0 Å². The summed E-state index contributed by atoms with van der Waals surface area (Å²) < 4.78 is 6.30. The van der Waals surface area contributed by atoms with Crippen molar-refractivity contribution in [3.05, 3.63) is 53.5 Å². The lowest BCUT2D eigenvalue weighted by molar-refractivity contribution is -0.128. The molecule has 7 nitrogen and oxygen atoms in total. The van der Waals surface area contributed by atoms with E-state index < -0.39 is 0 Å². The van der Waals surface area contributed by atoms with Crippen LogP contribution in [0.5, 0.6) is 5.75 Å². The lowest BCUT2D eigenvalue weighted by Gasteiger charge is -2.11. The molecule has 2 amide bonds. The van der Waals surface area contributed by atoms with Gasteiger partial charge in [0.25, 0.3) is 5.91 Å². The van der Waals surface area contributed by atoms with Crippen molar-refractivity contribution in [2.24, 2.45) is 0 Å². The van der Waals surface area contributed by atoms with E-state index in [9.17, 15) is 9.59 Å². The Morgan fingerprint density at radius 2 is 1.78 bits per heavy atom. The number of methoxy groups -OCH3 is 1. The molecule has 1 aromatic heterocycles. The lowest BCUT2D eigenvalue weighted by atomic mass is 10.3. The van der Waals surface area contributed by atoms with E-state index in [0.29, 0.717) is 17.9 Å². The Bertz CT molecular complexity index is 908. The zero-order valence-electron chi connectivity index (χ0n) is 14.8. The van der Waals surface area contributed by atoms with Crippen molar-refractivity contribution in [3.63, 3.8) is 0 Å². The van der Waals surface area contributed by atoms with Gasteiger partial charge in [0.05, 0.1) is 34.6 Å². The number of carbonyl (C=O) groups excluding carboxylic acids is 2. The molecule has 0 atom stereocenters. The fourth-order valence-corrected chi connectivity index (χ4v) is 3.43. The maximum Gasteiger partial charge on any atom is 0.257 e. The minimum atomic E-state index is -0.353. The summed E-state index contributed by atoms with van der Waals surface area (Å²) in [4.78, 5) is 28.3. The number of anilines is 1. The third-order valence-electron chi connectivity index (χ3n) is 3.79. The zero-order chi connectivity index (χ0) is 19.1. The highest BCUT2D eigenvalue weighted by molar-refractivity contribution is 7.18. The monoisotopic (exact) mass is 384 g/mol. The van der Waals surface area contributed by atoms with Crippen LogP contribution in [0.4, 0.5) is 5.69 Å². The second-order valence-electron chi connectivity index (χ2n) is 5.73. The van der Waals surface area contributed by atoms with Crippen LogP contribution >= 0.6 is 11.3 Å². The molecule has 140 valence electrons. The van der Waals surface area contributed by atoms with Crippen molar-refractivity contribution in [1.29, 1.82) is 0 Å². The Hall–Kier alpha value is -3.13. The van der Waals surface area contributed by atoms with Crippen LogP contribution in [0, 0.1) is 0 Å². The highest BCUT2D eigenvalue weighted by Crippen LogP contribution is 2.23. The largest absolute Gasteiger partial charge is 0.495 e. The predicted molar refractivity (Wildman–Crippen MR) is 106 cm³/mol. The van der Waals surface area contributed by atoms with Crippen molar-refractivity contribution < 1.29 is 14.3 Å². The number of benzene rings is 2. The zero-order valence-corrected chi connectivity index (χ0v) is 15.6. The molecular formula is C19H20N4O3S. The summed E-state index contributed by atoms with van der Waals surface area (Å²) in [6.07, 6.45) is 0.778. The number of rotatable bonds is 7. The SMILES string of the molecule is COc1ccccc1NCC(=O)NNC(=O)CCc1nc2ccccc2s1. The van der Waals surface area contributed by atoms with E-state index >= 15 is 0 Å². The van der Waals surface area contributed by atoms with Gasteiger partial charge in [-0.1, -0.05) is 24.3 Å². The first kappa shape index (κ1) is 18.7. The second-order valence-corrected chi connectivity index (χ2v) is 6.84. The molecule has 0 radical (unpaired) electrons. The maximum atomic E-state index is 11.9. The summed E-state index contributed by atoms with van der Waals surface area (Å²) in [6.45, 7) is 0.0124. The Morgan fingerprint density at radius 1 is 1.04 bits per heavy atom. The van der Waals surface area contributed by atoms with Crippen LogP contribution < -0.4 is 20.9 Å². The number of thiazole rings is 1.